The molecular weight excluding hydrogens is 218 g/mol. The second-order valence-corrected chi connectivity index (χ2v) is 5.39. The van der Waals surface area contributed by atoms with Gasteiger partial charge >= 0.3 is 0 Å². The van der Waals surface area contributed by atoms with Crippen molar-refractivity contribution in [1.82, 2.24) is 4.90 Å². The van der Waals surface area contributed by atoms with E-state index in [9.17, 15) is 5.11 Å². The third-order valence-corrected chi connectivity index (χ3v) is 2.94. The van der Waals surface area contributed by atoms with Gasteiger partial charge in [-0.3, -0.25) is 4.90 Å². The Morgan fingerprint density at radius 1 is 1.47 bits per heavy atom. The molecule has 0 aromatic rings. The molecule has 1 fully saturated rings. The van der Waals surface area contributed by atoms with E-state index < -0.39 is 5.60 Å². The van der Waals surface area contributed by atoms with Crippen LogP contribution in [0.4, 0.5) is 0 Å². The van der Waals surface area contributed by atoms with Gasteiger partial charge in [0.2, 0.25) is 0 Å². The fourth-order valence-electron chi connectivity index (χ4n) is 2.08. The molecule has 1 unspecified atom stereocenters. The van der Waals surface area contributed by atoms with Crippen molar-refractivity contribution in [2.75, 3.05) is 39.5 Å². The van der Waals surface area contributed by atoms with E-state index in [1.54, 1.807) is 0 Å². The summed E-state index contributed by atoms with van der Waals surface area (Å²) in [5.41, 5.74) is -0.634. The van der Waals surface area contributed by atoms with E-state index in [0.29, 0.717) is 25.9 Å². The summed E-state index contributed by atoms with van der Waals surface area (Å²) >= 11 is 0. The Morgan fingerprint density at radius 3 is 2.76 bits per heavy atom. The van der Waals surface area contributed by atoms with Gasteiger partial charge in [0.1, 0.15) is 0 Å². The topological polar surface area (TPSA) is 41.9 Å². The van der Waals surface area contributed by atoms with Crippen LogP contribution in [0.1, 0.15) is 33.6 Å². The van der Waals surface area contributed by atoms with Crippen molar-refractivity contribution in [2.24, 2.45) is 0 Å². The van der Waals surface area contributed by atoms with Gasteiger partial charge in [0.05, 0.1) is 24.9 Å². The highest BCUT2D eigenvalue weighted by molar-refractivity contribution is 4.71. The number of hydrogen-bond acceptors (Lipinski definition) is 4. The summed E-state index contributed by atoms with van der Waals surface area (Å²) in [6.07, 6.45) is 2.59. The Hall–Kier alpha value is -0.160. The van der Waals surface area contributed by atoms with Gasteiger partial charge in [0.15, 0.2) is 0 Å². The Bertz CT molecular complexity index is 197. The van der Waals surface area contributed by atoms with Gasteiger partial charge < -0.3 is 14.6 Å². The van der Waals surface area contributed by atoms with Crippen LogP contribution in [0.3, 0.4) is 0 Å². The molecule has 102 valence electrons. The SMILES string of the molecule is CCN(CCOCC1CCCO1)CC(C)(C)O. The third kappa shape index (κ3) is 6.99. The minimum atomic E-state index is -0.634. The zero-order chi connectivity index (χ0) is 12.7. The standard InChI is InChI=1S/C13H27NO3/c1-4-14(11-13(2,3)15)7-9-16-10-12-6-5-8-17-12/h12,15H,4-11H2,1-3H3. The van der Waals surface area contributed by atoms with Crippen molar-refractivity contribution >= 4 is 0 Å². The first kappa shape index (κ1) is 14.9. The predicted octanol–water partition coefficient (Wildman–Crippen LogP) is 1.27. The molecule has 0 aromatic carbocycles. The molecule has 0 amide bonds. The molecule has 1 N–H and O–H groups in total. The van der Waals surface area contributed by atoms with Crippen LogP contribution in [-0.2, 0) is 9.47 Å². The smallest absolute Gasteiger partial charge is 0.0809 e. The Balaban J connectivity index is 2.06. The van der Waals surface area contributed by atoms with Crippen LogP contribution in [0, 0.1) is 0 Å². The van der Waals surface area contributed by atoms with Crippen LogP contribution in [-0.4, -0.2) is 61.2 Å². The van der Waals surface area contributed by atoms with Crippen molar-refractivity contribution < 1.29 is 14.6 Å². The molecule has 1 rings (SSSR count). The van der Waals surface area contributed by atoms with Gasteiger partial charge in [-0.1, -0.05) is 6.92 Å². The van der Waals surface area contributed by atoms with Crippen molar-refractivity contribution in [2.45, 2.75) is 45.3 Å². The molecule has 0 aromatic heterocycles. The number of nitrogens with zero attached hydrogens (tertiary/aromatic N) is 1. The van der Waals surface area contributed by atoms with Gasteiger partial charge in [-0.15, -0.1) is 0 Å². The summed E-state index contributed by atoms with van der Waals surface area (Å²) < 4.78 is 11.1. The maximum Gasteiger partial charge on any atom is 0.0809 e. The number of likely N-dealkylation sites (N-methyl/N-ethyl adjacent to an activating group) is 1. The van der Waals surface area contributed by atoms with Crippen LogP contribution in [0.2, 0.25) is 0 Å². The highest BCUT2D eigenvalue weighted by Crippen LogP contribution is 2.12. The predicted molar refractivity (Wildman–Crippen MR) is 68.2 cm³/mol. The Morgan fingerprint density at radius 2 is 2.24 bits per heavy atom. The van der Waals surface area contributed by atoms with Gasteiger partial charge in [0, 0.05) is 19.7 Å². The lowest BCUT2D eigenvalue weighted by atomic mass is 10.1. The minimum Gasteiger partial charge on any atom is -0.389 e. The summed E-state index contributed by atoms with van der Waals surface area (Å²) in [5, 5.41) is 9.75. The van der Waals surface area contributed by atoms with Crippen molar-refractivity contribution in [3.8, 4) is 0 Å². The van der Waals surface area contributed by atoms with Gasteiger partial charge in [0.25, 0.3) is 0 Å². The molecule has 0 aliphatic carbocycles. The van der Waals surface area contributed by atoms with Crippen LogP contribution in [0.5, 0.6) is 0 Å². The molecule has 4 heteroatoms. The molecule has 1 heterocycles. The monoisotopic (exact) mass is 245 g/mol. The molecule has 0 saturated carbocycles. The normalized spacial score (nSPS) is 21.4. The summed E-state index contributed by atoms with van der Waals surface area (Å²) in [6.45, 7) is 10.6. The fourth-order valence-corrected chi connectivity index (χ4v) is 2.08. The van der Waals surface area contributed by atoms with Crippen molar-refractivity contribution in [1.29, 1.82) is 0 Å². The molecule has 0 radical (unpaired) electrons. The van der Waals surface area contributed by atoms with Gasteiger partial charge in [-0.05, 0) is 33.2 Å². The van der Waals surface area contributed by atoms with Crippen LogP contribution in [0.25, 0.3) is 0 Å². The zero-order valence-electron chi connectivity index (χ0n) is 11.4. The van der Waals surface area contributed by atoms with Crippen molar-refractivity contribution in [3.05, 3.63) is 0 Å². The lowest BCUT2D eigenvalue weighted by molar-refractivity contribution is -0.00227. The maximum absolute atomic E-state index is 9.75. The van der Waals surface area contributed by atoms with E-state index in [0.717, 1.165) is 32.5 Å². The highest BCUT2D eigenvalue weighted by atomic mass is 16.5. The first-order chi connectivity index (χ1) is 8.01. The summed E-state index contributed by atoms with van der Waals surface area (Å²) in [7, 11) is 0. The zero-order valence-corrected chi connectivity index (χ0v) is 11.4. The molecular formula is C13H27NO3. The van der Waals surface area contributed by atoms with Gasteiger partial charge in [-0.2, -0.15) is 0 Å². The minimum absolute atomic E-state index is 0.305. The van der Waals surface area contributed by atoms with E-state index >= 15 is 0 Å². The molecule has 0 bridgehead atoms. The highest BCUT2D eigenvalue weighted by Gasteiger charge is 2.18. The Kier molecular flexibility index (Phi) is 6.41. The lowest BCUT2D eigenvalue weighted by Crippen LogP contribution is -2.40. The molecule has 1 aliphatic heterocycles. The second-order valence-electron chi connectivity index (χ2n) is 5.39. The average molecular weight is 245 g/mol. The van der Waals surface area contributed by atoms with Crippen LogP contribution in [0.15, 0.2) is 0 Å². The summed E-state index contributed by atoms with van der Waals surface area (Å²) in [5.74, 6) is 0. The first-order valence-electron chi connectivity index (χ1n) is 6.65. The van der Waals surface area contributed by atoms with E-state index in [2.05, 4.69) is 11.8 Å². The van der Waals surface area contributed by atoms with Gasteiger partial charge in [-0.25, -0.2) is 0 Å². The van der Waals surface area contributed by atoms with Crippen LogP contribution < -0.4 is 0 Å². The van der Waals surface area contributed by atoms with E-state index in [1.807, 2.05) is 13.8 Å². The lowest BCUT2D eigenvalue weighted by Gasteiger charge is -2.27. The second kappa shape index (κ2) is 7.31. The third-order valence-electron chi connectivity index (χ3n) is 2.94. The number of hydrogen-bond donors (Lipinski definition) is 1. The van der Waals surface area contributed by atoms with E-state index in [-0.39, 0.29) is 0 Å². The Labute approximate surface area is 105 Å². The molecule has 1 aliphatic rings. The molecule has 1 atom stereocenters. The largest absolute Gasteiger partial charge is 0.389 e. The molecule has 1 saturated heterocycles. The number of aliphatic hydroxyl groups is 1. The fraction of sp³-hybridized carbons (Fsp3) is 1.00. The number of rotatable bonds is 8. The first-order valence-corrected chi connectivity index (χ1v) is 6.65. The van der Waals surface area contributed by atoms with Crippen LogP contribution >= 0.6 is 0 Å². The summed E-state index contributed by atoms with van der Waals surface area (Å²) in [4.78, 5) is 2.20. The maximum atomic E-state index is 9.75. The van der Waals surface area contributed by atoms with E-state index in [4.69, 9.17) is 9.47 Å². The molecule has 0 spiro atoms. The average Bonchev–Trinajstić information content (AvgIpc) is 2.73. The summed E-state index contributed by atoms with van der Waals surface area (Å²) in [6, 6.07) is 0. The molecule has 4 nitrogen and oxygen atoms in total. The molecule has 17 heavy (non-hydrogen) atoms. The number of ether oxygens (including phenoxy) is 2. The van der Waals surface area contributed by atoms with Crippen molar-refractivity contribution in [3.63, 3.8) is 0 Å². The van der Waals surface area contributed by atoms with E-state index in [1.165, 1.54) is 0 Å². The quantitative estimate of drug-likeness (QED) is 0.654.